The Balaban J connectivity index is 1.70. The van der Waals surface area contributed by atoms with E-state index < -0.39 is 0 Å². The van der Waals surface area contributed by atoms with Crippen LogP contribution in [0.4, 0.5) is 0 Å². The summed E-state index contributed by atoms with van der Waals surface area (Å²) in [6.45, 7) is 11.4. The van der Waals surface area contributed by atoms with Crippen molar-refractivity contribution in [1.82, 2.24) is 5.32 Å². The summed E-state index contributed by atoms with van der Waals surface area (Å²) < 4.78 is 12.0. The highest BCUT2D eigenvalue weighted by Crippen LogP contribution is 2.32. The number of hydrogen-bond acceptors (Lipinski definition) is 3. The first-order chi connectivity index (χ1) is 16.3. The Hall–Kier alpha value is -3.27. The van der Waals surface area contributed by atoms with Gasteiger partial charge < -0.3 is 14.8 Å². The van der Waals surface area contributed by atoms with Crippen molar-refractivity contribution in [2.75, 3.05) is 6.61 Å². The molecule has 0 saturated carbocycles. The first kappa shape index (κ1) is 25.4. The smallest absolute Gasteiger partial charge is 0.251 e. The predicted molar refractivity (Wildman–Crippen MR) is 139 cm³/mol. The molecule has 4 heteroatoms. The molecule has 0 heterocycles. The quantitative estimate of drug-likeness (QED) is 0.366. The van der Waals surface area contributed by atoms with Gasteiger partial charge in [0.25, 0.3) is 5.91 Å². The lowest BCUT2D eigenvalue weighted by Gasteiger charge is -2.23. The highest BCUT2D eigenvalue weighted by atomic mass is 16.5. The molecule has 4 nitrogen and oxygen atoms in total. The van der Waals surface area contributed by atoms with Crippen molar-refractivity contribution >= 4 is 5.91 Å². The van der Waals surface area contributed by atoms with Gasteiger partial charge in [0.2, 0.25) is 0 Å². The van der Waals surface area contributed by atoms with Crippen LogP contribution in [0.1, 0.15) is 68.1 Å². The molecule has 0 aliphatic carbocycles. The van der Waals surface area contributed by atoms with Gasteiger partial charge in [-0.2, -0.15) is 0 Å². The van der Waals surface area contributed by atoms with E-state index in [0.717, 1.165) is 35.5 Å². The zero-order chi connectivity index (χ0) is 24.6. The van der Waals surface area contributed by atoms with E-state index in [9.17, 15) is 4.79 Å². The monoisotopic (exact) mass is 459 g/mol. The van der Waals surface area contributed by atoms with Gasteiger partial charge in [0, 0.05) is 17.2 Å². The first-order valence-electron chi connectivity index (χ1n) is 12.1. The number of hydrogen-bond donors (Lipinski definition) is 1. The summed E-state index contributed by atoms with van der Waals surface area (Å²) in [6.07, 6.45) is 1.81. The van der Waals surface area contributed by atoms with Gasteiger partial charge in [-0.05, 0) is 67.5 Å². The molecule has 0 aliphatic rings. The standard InChI is InChI=1S/C30H37NO3/c1-6-33-27-19-18-24(29(32)31-22(2)16-17-23-12-8-7-9-13-23)20-25(27)21-34-28-15-11-10-14-26(28)30(3,4)5/h7-15,18-20,22H,6,16-17,21H2,1-5H3,(H,31,32). The van der Waals surface area contributed by atoms with E-state index >= 15 is 0 Å². The maximum atomic E-state index is 13.0. The van der Waals surface area contributed by atoms with Gasteiger partial charge in [0.1, 0.15) is 18.1 Å². The topological polar surface area (TPSA) is 47.6 Å². The van der Waals surface area contributed by atoms with E-state index in [4.69, 9.17) is 9.47 Å². The van der Waals surface area contributed by atoms with Gasteiger partial charge in [0.15, 0.2) is 0 Å². The minimum absolute atomic E-state index is 0.0308. The lowest BCUT2D eigenvalue weighted by molar-refractivity contribution is 0.0938. The van der Waals surface area contributed by atoms with E-state index in [0.29, 0.717) is 18.8 Å². The largest absolute Gasteiger partial charge is 0.493 e. The molecule has 0 fully saturated rings. The van der Waals surface area contributed by atoms with E-state index in [1.54, 1.807) is 0 Å². The normalized spacial score (nSPS) is 12.1. The van der Waals surface area contributed by atoms with Gasteiger partial charge in [-0.1, -0.05) is 69.3 Å². The van der Waals surface area contributed by atoms with E-state index in [1.807, 2.05) is 68.4 Å². The van der Waals surface area contributed by atoms with Crippen LogP contribution in [-0.4, -0.2) is 18.6 Å². The third kappa shape index (κ3) is 7.11. The number of aryl methyl sites for hydroxylation is 1. The molecular weight excluding hydrogens is 422 g/mol. The van der Waals surface area contributed by atoms with Gasteiger partial charge >= 0.3 is 0 Å². The number of benzene rings is 3. The van der Waals surface area contributed by atoms with Crippen molar-refractivity contribution < 1.29 is 14.3 Å². The summed E-state index contributed by atoms with van der Waals surface area (Å²) in [5.74, 6) is 1.51. The van der Waals surface area contributed by atoms with Crippen molar-refractivity contribution in [3.8, 4) is 11.5 Å². The van der Waals surface area contributed by atoms with Crippen LogP contribution in [0.15, 0.2) is 72.8 Å². The Morgan fingerprint density at radius 1 is 0.912 bits per heavy atom. The first-order valence-corrected chi connectivity index (χ1v) is 12.1. The molecule has 0 bridgehead atoms. The van der Waals surface area contributed by atoms with Crippen LogP contribution >= 0.6 is 0 Å². The van der Waals surface area contributed by atoms with E-state index in [2.05, 4.69) is 44.3 Å². The van der Waals surface area contributed by atoms with Crippen molar-refractivity contribution in [3.63, 3.8) is 0 Å². The molecule has 0 saturated heterocycles. The van der Waals surface area contributed by atoms with Crippen LogP contribution in [0.3, 0.4) is 0 Å². The zero-order valence-electron chi connectivity index (χ0n) is 21.1. The number of amides is 1. The predicted octanol–water partition coefficient (Wildman–Crippen LogP) is 6.71. The molecule has 3 rings (SSSR count). The van der Waals surface area contributed by atoms with E-state index in [-0.39, 0.29) is 17.4 Å². The highest BCUT2D eigenvalue weighted by molar-refractivity contribution is 5.94. The van der Waals surface area contributed by atoms with Crippen molar-refractivity contribution in [3.05, 3.63) is 95.1 Å². The molecule has 1 atom stereocenters. The second-order valence-electron chi connectivity index (χ2n) is 9.69. The molecule has 0 aliphatic heterocycles. The second kappa shape index (κ2) is 11.7. The number of para-hydroxylation sites is 1. The molecule has 180 valence electrons. The van der Waals surface area contributed by atoms with Crippen LogP contribution in [0, 0.1) is 0 Å². The summed E-state index contributed by atoms with van der Waals surface area (Å²) in [7, 11) is 0. The van der Waals surface area contributed by atoms with Crippen LogP contribution in [0.25, 0.3) is 0 Å². The molecule has 0 aromatic heterocycles. The molecule has 0 radical (unpaired) electrons. The summed E-state index contributed by atoms with van der Waals surface area (Å²) >= 11 is 0. The van der Waals surface area contributed by atoms with Gasteiger partial charge in [0.05, 0.1) is 6.61 Å². The fraction of sp³-hybridized carbons (Fsp3) is 0.367. The number of ether oxygens (including phenoxy) is 2. The second-order valence-corrected chi connectivity index (χ2v) is 9.69. The minimum Gasteiger partial charge on any atom is -0.493 e. The average molecular weight is 460 g/mol. The van der Waals surface area contributed by atoms with Crippen LogP contribution in [0.5, 0.6) is 11.5 Å². The summed E-state index contributed by atoms with van der Waals surface area (Å²) in [4.78, 5) is 13.0. The highest BCUT2D eigenvalue weighted by Gasteiger charge is 2.19. The third-order valence-electron chi connectivity index (χ3n) is 5.79. The number of carbonyl (C=O) groups is 1. The molecule has 1 amide bonds. The lowest BCUT2D eigenvalue weighted by Crippen LogP contribution is -2.33. The maximum Gasteiger partial charge on any atom is 0.251 e. The van der Waals surface area contributed by atoms with Crippen molar-refractivity contribution in [2.24, 2.45) is 0 Å². The lowest BCUT2D eigenvalue weighted by atomic mass is 9.86. The number of rotatable bonds is 10. The van der Waals surface area contributed by atoms with Gasteiger partial charge in [-0.15, -0.1) is 0 Å². The molecule has 3 aromatic rings. The number of carbonyl (C=O) groups excluding carboxylic acids is 1. The van der Waals surface area contributed by atoms with Crippen LogP contribution < -0.4 is 14.8 Å². The molecule has 1 N–H and O–H groups in total. The molecule has 1 unspecified atom stereocenters. The molecule has 3 aromatic carbocycles. The Kier molecular flexibility index (Phi) is 8.75. The number of nitrogens with one attached hydrogen (secondary N) is 1. The fourth-order valence-electron chi connectivity index (χ4n) is 3.90. The Morgan fingerprint density at radius 2 is 1.62 bits per heavy atom. The van der Waals surface area contributed by atoms with Gasteiger partial charge in [-0.25, -0.2) is 0 Å². The van der Waals surface area contributed by atoms with Crippen molar-refractivity contribution in [2.45, 2.75) is 65.5 Å². The molecule has 0 spiro atoms. The minimum atomic E-state index is -0.0834. The zero-order valence-corrected chi connectivity index (χ0v) is 21.1. The van der Waals surface area contributed by atoms with Gasteiger partial charge in [-0.3, -0.25) is 4.79 Å². The summed E-state index contributed by atoms with van der Waals surface area (Å²) in [6, 6.07) is 24.1. The third-order valence-corrected chi connectivity index (χ3v) is 5.79. The van der Waals surface area contributed by atoms with Crippen molar-refractivity contribution in [1.29, 1.82) is 0 Å². The SMILES string of the molecule is CCOc1ccc(C(=O)NC(C)CCc2ccccc2)cc1COc1ccccc1C(C)(C)C. The molecular formula is C30H37NO3. The summed E-state index contributed by atoms with van der Waals surface area (Å²) in [5.41, 5.74) is 3.86. The van der Waals surface area contributed by atoms with Crippen LogP contribution in [-0.2, 0) is 18.4 Å². The Morgan fingerprint density at radius 3 is 2.32 bits per heavy atom. The van der Waals surface area contributed by atoms with E-state index in [1.165, 1.54) is 5.56 Å². The Bertz CT molecular complexity index is 1070. The fourth-order valence-corrected chi connectivity index (χ4v) is 3.90. The maximum absolute atomic E-state index is 13.0. The Labute approximate surface area is 204 Å². The average Bonchev–Trinajstić information content (AvgIpc) is 2.82. The molecule has 34 heavy (non-hydrogen) atoms. The van der Waals surface area contributed by atoms with Crippen LogP contribution in [0.2, 0.25) is 0 Å². The summed E-state index contributed by atoms with van der Waals surface area (Å²) in [5, 5.41) is 3.13.